The molecule has 0 saturated heterocycles. The van der Waals surface area contributed by atoms with E-state index in [4.69, 9.17) is 13.6 Å². The lowest BCUT2D eigenvalue weighted by molar-refractivity contribution is -0.120. The molecule has 1 N–H and O–H groups in total. The highest BCUT2D eigenvalue weighted by atomic mass is 16.5. The minimum atomic E-state index is -1.02. The molecule has 2 heterocycles. The summed E-state index contributed by atoms with van der Waals surface area (Å²) >= 11 is 0. The highest BCUT2D eigenvalue weighted by Crippen LogP contribution is 2.50. The van der Waals surface area contributed by atoms with Gasteiger partial charge >= 0.3 is 5.97 Å². The summed E-state index contributed by atoms with van der Waals surface area (Å²) in [6.45, 7) is 8.23. The van der Waals surface area contributed by atoms with E-state index in [0.717, 1.165) is 48.5 Å². The maximum atomic E-state index is 12.0. The number of fused-ring (bicyclic) bond motifs is 10. The Bertz CT molecular complexity index is 2440. The van der Waals surface area contributed by atoms with Crippen LogP contribution in [-0.4, -0.2) is 17.5 Å². The lowest BCUT2D eigenvalue weighted by Crippen LogP contribution is -1.96. The van der Waals surface area contributed by atoms with Gasteiger partial charge in [0.15, 0.2) is 0 Å². The van der Waals surface area contributed by atoms with Gasteiger partial charge in [-0.1, -0.05) is 61.7 Å². The summed E-state index contributed by atoms with van der Waals surface area (Å²) in [5.41, 5.74) is 4.12. The number of ether oxygens (including phenoxy) is 1. The average Bonchev–Trinajstić information content (AvgIpc) is 3.56. The molecule has 0 fully saturated rings. The Hall–Kier alpha value is -5.62. The summed E-state index contributed by atoms with van der Waals surface area (Å²) in [5.74, 6) is -0.624. The Labute approximate surface area is 225 Å². The number of carbonyl (C=O) groups is 2. The Kier molecular flexibility index (Phi) is 4.31. The third-order valence-electron chi connectivity index (χ3n) is 7.89. The van der Waals surface area contributed by atoms with Crippen LogP contribution in [0.15, 0.2) is 82.7 Å². The van der Waals surface area contributed by atoms with Gasteiger partial charge in [-0.25, -0.2) is 4.79 Å². The summed E-state index contributed by atoms with van der Waals surface area (Å²) in [6.07, 6.45) is 3.30. The van der Waals surface area contributed by atoms with Crippen LogP contribution in [0.4, 0.5) is 0 Å². The highest BCUT2D eigenvalue weighted by Gasteiger charge is 2.25. The number of carboxylic acid groups (broad SMARTS) is 1. The van der Waals surface area contributed by atoms with Crippen LogP contribution >= 0.6 is 0 Å². The van der Waals surface area contributed by atoms with Crippen LogP contribution in [-0.2, 0) is 4.79 Å². The standard InChI is InChI=1S/C34H18O6/c1-3-16-11-18(34(36)37)13-24-28-20-7-5-8-21-26(20)27-22(32(28)39-30(16)24)9-6-10-23(27)33-29(21)25-14-19(38-15-35)12-17(4-2)31(25)40-33/h3-15H,1-2H2,(H,36,37). The van der Waals surface area contributed by atoms with Crippen molar-refractivity contribution in [3.8, 4) is 5.75 Å². The number of rotatable bonds is 5. The first-order valence-corrected chi connectivity index (χ1v) is 12.6. The first-order valence-electron chi connectivity index (χ1n) is 12.6. The second-order valence-electron chi connectivity index (χ2n) is 9.83. The maximum Gasteiger partial charge on any atom is 0.335 e. The van der Waals surface area contributed by atoms with Crippen molar-refractivity contribution in [2.24, 2.45) is 0 Å². The first kappa shape index (κ1) is 22.4. The van der Waals surface area contributed by atoms with E-state index in [1.165, 1.54) is 0 Å². The zero-order chi connectivity index (χ0) is 27.3. The number of hydrogen-bond donors (Lipinski definition) is 1. The third kappa shape index (κ3) is 2.67. The fraction of sp³-hybridized carbons (Fsp3) is 0. The van der Waals surface area contributed by atoms with Crippen LogP contribution in [0.2, 0.25) is 0 Å². The van der Waals surface area contributed by atoms with Gasteiger partial charge < -0.3 is 18.7 Å². The van der Waals surface area contributed by atoms with Gasteiger partial charge in [-0.05, 0) is 40.4 Å². The Morgan fingerprint density at radius 1 is 0.675 bits per heavy atom. The molecule has 0 saturated carbocycles. The predicted octanol–water partition coefficient (Wildman–Crippen LogP) is 8.90. The van der Waals surface area contributed by atoms with Crippen molar-refractivity contribution < 1.29 is 28.3 Å². The Morgan fingerprint density at radius 3 is 1.75 bits per heavy atom. The van der Waals surface area contributed by atoms with Gasteiger partial charge in [0.2, 0.25) is 0 Å². The molecule has 40 heavy (non-hydrogen) atoms. The topological polar surface area (TPSA) is 89.9 Å². The van der Waals surface area contributed by atoms with Gasteiger partial charge in [0.1, 0.15) is 28.1 Å². The van der Waals surface area contributed by atoms with Crippen molar-refractivity contribution in [3.63, 3.8) is 0 Å². The summed E-state index contributed by atoms with van der Waals surface area (Å²) in [4.78, 5) is 23.2. The molecule has 8 rings (SSSR count). The normalized spacial score (nSPS) is 12.0. The zero-order valence-electron chi connectivity index (χ0n) is 20.9. The van der Waals surface area contributed by atoms with E-state index in [0.29, 0.717) is 51.1 Å². The number of aromatic carboxylic acids is 1. The first-order chi connectivity index (χ1) is 19.5. The lowest BCUT2D eigenvalue weighted by Gasteiger charge is -2.13. The second-order valence-corrected chi connectivity index (χ2v) is 9.83. The molecule has 0 aliphatic rings. The molecule has 0 unspecified atom stereocenters. The van der Waals surface area contributed by atoms with E-state index in [1.807, 2.05) is 36.4 Å². The predicted molar refractivity (Wildman–Crippen MR) is 159 cm³/mol. The van der Waals surface area contributed by atoms with Gasteiger partial charge in [0.25, 0.3) is 6.47 Å². The molecular weight excluding hydrogens is 504 g/mol. The van der Waals surface area contributed by atoms with E-state index in [2.05, 4.69) is 19.2 Å². The summed E-state index contributed by atoms with van der Waals surface area (Å²) in [5, 5.41) is 18.8. The van der Waals surface area contributed by atoms with Crippen molar-refractivity contribution in [3.05, 3.63) is 90.5 Å². The van der Waals surface area contributed by atoms with E-state index in [9.17, 15) is 14.7 Å². The van der Waals surface area contributed by atoms with E-state index >= 15 is 0 Å². The maximum absolute atomic E-state index is 12.0. The molecule has 6 nitrogen and oxygen atoms in total. The molecule has 6 aromatic carbocycles. The van der Waals surface area contributed by atoms with Gasteiger partial charge in [0.05, 0.1) is 5.56 Å². The number of furan rings is 2. The van der Waals surface area contributed by atoms with Crippen molar-refractivity contribution >= 4 is 101 Å². The number of carbonyl (C=O) groups excluding carboxylic acids is 1. The number of benzene rings is 6. The molecule has 0 aliphatic heterocycles. The van der Waals surface area contributed by atoms with Crippen LogP contribution < -0.4 is 4.74 Å². The molecule has 0 amide bonds. The molecule has 190 valence electrons. The van der Waals surface area contributed by atoms with Crippen LogP contribution in [0, 0.1) is 0 Å². The molecule has 0 spiro atoms. The van der Waals surface area contributed by atoms with Gasteiger partial charge in [-0.2, -0.15) is 0 Å². The number of carboxylic acids is 1. The molecule has 0 atom stereocenters. The summed E-state index contributed by atoms with van der Waals surface area (Å²) in [6, 6.07) is 18.9. The highest BCUT2D eigenvalue weighted by molar-refractivity contribution is 6.43. The third-order valence-corrected chi connectivity index (χ3v) is 7.89. The monoisotopic (exact) mass is 522 g/mol. The van der Waals surface area contributed by atoms with Crippen LogP contribution in [0.5, 0.6) is 5.75 Å². The van der Waals surface area contributed by atoms with Gasteiger partial charge in [0, 0.05) is 48.8 Å². The molecule has 2 aromatic heterocycles. The van der Waals surface area contributed by atoms with E-state index in [1.54, 1.807) is 30.4 Å². The minimum Gasteiger partial charge on any atom is -0.478 e. The van der Waals surface area contributed by atoms with E-state index in [-0.39, 0.29) is 5.56 Å². The molecular formula is C34H18O6. The molecule has 8 aromatic rings. The molecule has 0 aliphatic carbocycles. The van der Waals surface area contributed by atoms with Crippen LogP contribution in [0.1, 0.15) is 21.5 Å². The van der Waals surface area contributed by atoms with Crippen molar-refractivity contribution in [2.45, 2.75) is 0 Å². The summed E-state index contributed by atoms with van der Waals surface area (Å²) < 4.78 is 18.3. The van der Waals surface area contributed by atoms with Gasteiger partial charge in [-0.3, -0.25) is 4.79 Å². The lowest BCUT2D eigenvalue weighted by atomic mass is 9.88. The Balaban J connectivity index is 1.69. The van der Waals surface area contributed by atoms with Crippen molar-refractivity contribution in [1.29, 1.82) is 0 Å². The average molecular weight is 523 g/mol. The second kappa shape index (κ2) is 7.71. The van der Waals surface area contributed by atoms with Crippen LogP contribution in [0.25, 0.3) is 88.3 Å². The van der Waals surface area contributed by atoms with Crippen molar-refractivity contribution in [1.82, 2.24) is 0 Å². The van der Waals surface area contributed by atoms with Gasteiger partial charge in [-0.15, -0.1) is 0 Å². The van der Waals surface area contributed by atoms with Crippen LogP contribution in [0.3, 0.4) is 0 Å². The number of hydrogen-bond acceptors (Lipinski definition) is 5. The molecule has 6 heteroatoms. The largest absolute Gasteiger partial charge is 0.478 e. The van der Waals surface area contributed by atoms with E-state index < -0.39 is 5.97 Å². The summed E-state index contributed by atoms with van der Waals surface area (Å²) in [7, 11) is 0. The van der Waals surface area contributed by atoms with Crippen molar-refractivity contribution in [2.75, 3.05) is 0 Å². The smallest absolute Gasteiger partial charge is 0.335 e. The fourth-order valence-corrected chi connectivity index (χ4v) is 6.33. The quantitative estimate of drug-likeness (QED) is 0.179. The molecule has 0 radical (unpaired) electrons. The SMILES string of the molecule is C=Cc1cc(OC=O)cc2c1oc1c3cccc4c5oc6c(C=C)cc(C(=O)O)cc6c5c5cccc(c21)c5c34. The zero-order valence-corrected chi connectivity index (χ0v) is 20.9. The fourth-order valence-electron chi connectivity index (χ4n) is 6.33. The Morgan fingerprint density at radius 2 is 1.20 bits per heavy atom. The minimum absolute atomic E-state index is 0.165. The molecule has 0 bridgehead atoms.